The minimum atomic E-state index is -0.318. The van der Waals surface area contributed by atoms with Crippen LogP contribution in [0.4, 0.5) is 0 Å². The second-order valence-corrected chi connectivity index (χ2v) is 7.39. The molecule has 10 heteroatoms. The average molecular weight is 477 g/mol. The Morgan fingerprint density at radius 1 is 0.647 bits per heavy atom. The van der Waals surface area contributed by atoms with Crippen molar-refractivity contribution >= 4 is 11.8 Å². The Morgan fingerprint density at radius 2 is 1.03 bits per heavy atom. The fourth-order valence-corrected chi connectivity index (χ4v) is 3.36. The summed E-state index contributed by atoms with van der Waals surface area (Å²) >= 11 is 0. The number of phenolic OH excluding ortho intramolecular Hbond substituents is 2. The molecule has 0 radical (unpaired) electrons. The molecule has 2 amide bonds. The van der Waals surface area contributed by atoms with Crippen molar-refractivity contribution in [2.75, 3.05) is 41.5 Å². The second-order valence-electron chi connectivity index (χ2n) is 7.39. The Morgan fingerprint density at radius 3 is 1.35 bits per heavy atom. The fraction of sp³-hybridized carbons (Fsp3) is 0.417. The molecule has 0 aliphatic heterocycles. The molecule has 2 rings (SSSR count). The number of carbonyl (C=O) groups excluding carboxylic acids is 2. The standard InChI is InChI=1S/C24H32N2O8/c1-31-19-13-15(11-17(27)21(19)33-3)23(29)25-9-7-5-6-8-10-26-24(30)16-12-18(28)22(34-4)20(14-16)32-2/h11-14,27-28H,5-10H2,1-4H3,(H,25,29)(H,26,30). The van der Waals surface area contributed by atoms with E-state index in [9.17, 15) is 19.8 Å². The summed E-state index contributed by atoms with van der Waals surface area (Å²) in [5.41, 5.74) is 0.554. The smallest absolute Gasteiger partial charge is 0.251 e. The number of ether oxygens (including phenoxy) is 4. The Hall–Kier alpha value is -3.82. The number of rotatable bonds is 13. The molecule has 186 valence electrons. The summed E-state index contributed by atoms with van der Waals surface area (Å²) in [7, 11) is 5.67. The van der Waals surface area contributed by atoms with Gasteiger partial charge in [0.1, 0.15) is 0 Å². The third-order valence-electron chi connectivity index (χ3n) is 5.12. The molecule has 0 spiro atoms. The highest BCUT2D eigenvalue weighted by atomic mass is 16.5. The molecule has 0 saturated heterocycles. The molecule has 10 nitrogen and oxygen atoms in total. The molecule has 0 heterocycles. The maximum Gasteiger partial charge on any atom is 0.251 e. The van der Waals surface area contributed by atoms with E-state index in [0.29, 0.717) is 13.1 Å². The fourth-order valence-electron chi connectivity index (χ4n) is 3.36. The van der Waals surface area contributed by atoms with Crippen molar-refractivity contribution < 1.29 is 38.7 Å². The third-order valence-corrected chi connectivity index (χ3v) is 5.12. The minimum absolute atomic E-state index is 0.169. The molecule has 0 atom stereocenters. The summed E-state index contributed by atoms with van der Waals surface area (Å²) in [6.07, 6.45) is 3.26. The molecule has 0 bridgehead atoms. The van der Waals surface area contributed by atoms with Crippen LogP contribution in [-0.4, -0.2) is 63.6 Å². The zero-order valence-electron chi connectivity index (χ0n) is 19.9. The number of phenols is 2. The van der Waals surface area contributed by atoms with Gasteiger partial charge in [0.15, 0.2) is 23.0 Å². The lowest BCUT2D eigenvalue weighted by Gasteiger charge is -2.12. The lowest BCUT2D eigenvalue weighted by Crippen LogP contribution is -2.25. The number of nitrogens with one attached hydrogen (secondary N) is 2. The van der Waals surface area contributed by atoms with Crippen molar-refractivity contribution in [3.05, 3.63) is 35.4 Å². The van der Waals surface area contributed by atoms with E-state index in [1.807, 2.05) is 0 Å². The van der Waals surface area contributed by atoms with Gasteiger partial charge in [0.2, 0.25) is 11.5 Å². The summed E-state index contributed by atoms with van der Waals surface area (Å²) in [5.74, 6) is -0.0720. The molecule has 0 saturated carbocycles. The van der Waals surface area contributed by atoms with Crippen LogP contribution in [0.25, 0.3) is 0 Å². The van der Waals surface area contributed by atoms with Crippen molar-refractivity contribution in [1.29, 1.82) is 0 Å². The van der Waals surface area contributed by atoms with E-state index in [4.69, 9.17) is 18.9 Å². The Kier molecular flexibility index (Phi) is 10.1. The zero-order chi connectivity index (χ0) is 25.1. The number of benzene rings is 2. The van der Waals surface area contributed by atoms with Gasteiger partial charge in [-0.2, -0.15) is 0 Å². The molecule has 0 aliphatic carbocycles. The van der Waals surface area contributed by atoms with Gasteiger partial charge in [0, 0.05) is 24.2 Å². The predicted octanol–water partition coefficient (Wildman–Crippen LogP) is 2.85. The highest BCUT2D eigenvalue weighted by Crippen LogP contribution is 2.38. The molecule has 34 heavy (non-hydrogen) atoms. The number of aromatic hydroxyl groups is 2. The Bertz CT molecular complexity index is 914. The first kappa shape index (κ1) is 26.4. The predicted molar refractivity (Wildman–Crippen MR) is 126 cm³/mol. The molecule has 0 aromatic heterocycles. The van der Waals surface area contributed by atoms with Gasteiger partial charge in [0.25, 0.3) is 11.8 Å². The van der Waals surface area contributed by atoms with Crippen molar-refractivity contribution in [2.24, 2.45) is 0 Å². The summed E-state index contributed by atoms with van der Waals surface area (Å²) in [5, 5.41) is 25.6. The van der Waals surface area contributed by atoms with Crippen molar-refractivity contribution in [3.8, 4) is 34.5 Å². The van der Waals surface area contributed by atoms with E-state index in [-0.39, 0.29) is 57.4 Å². The largest absolute Gasteiger partial charge is 0.504 e. The monoisotopic (exact) mass is 476 g/mol. The number of unbranched alkanes of at least 4 members (excludes halogenated alkanes) is 3. The van der Waals surface area contributed by atoms with Gasteiger partial charge in [-0.1, -0.05) is 12.8 Å². The Labute approximate surface area is 198 Å². The quantitative estimate of drug-likeness (QED) is 0.324. The van der Waals surface area contributed by atoms with Gasteiger partial charge in [-0.05, 0) is 37.1 Å². The number of methoxy groups -OCH3 is 4. The van der Waals surface area contributed by atoms with E-state index in [2.05, 4.69) is 10.6 Å². The zero-order valence-corrected chi connectivity index (χ0v) is 19.9. The molecule has 2 aromatic rings. The van der Waals surface area contributed by atoms with Gasteiger partial charge < -0.3 is 39.8 Å². The van der Waals surface area contributed by atoms with Crippen LogP contribution in [0.2, 0.25) is 0 Å². The molecular formula is C24H32N2O8. The lowest BCUT2D eigenvalue weighted by atomic mass is 10.1. The molecule has 4 N–H and O–H groups in total. The normalized spacial score (nSPS) is 10.4. The minimum Gasteiger partial charge on any atom is -0.504 e. The van der Waals surface area contributed by atoms with E-state index in [1.54, 1.807) is 0 Å². The molecule has 0 aliphatic rings. The molecule has 0 unspecified atom stereocenters. The third kappa shape index (κ3) is 6.84. The number of carbonyl (C=O) groups is 2. The Balaban J connectivity index is 1.69. The second kappa shape index (κ2) is 13.0. The van der Waals surface area contributed by atoms with Crippen LogP contribution in [0, 0.1) is 0 Å². The topological polar surface area (TPSA) is 136 Å². The van der Waals surface area contributed by atoms with E-state index < -0.39 is 0 Å². The van der Waals surface area contributed by atoms with Crippen LogP contribution in [0.15, 0.2) is 24.3 Å². The molecule has 0 fully saturated rings. The van der Waals surface area contributed by atoms with Crippen LogP contribution in [0.1, 0.15) is 46.4 Å². The number of amides is 2. The van der Waals surface area contributed by atoms with Crippen LogP contribution in [-0.2, 0) is 0 Å². The first-order chi connectivity index (χ1) is 16.4. The van der Waals surface area contributed by atoms with Crippen LogP contribution in [0.3, 0.4) is 0 Å². The van der Waals surface area contributed by atoms with Crippen LogP contribution in [0.5, 0.6) is 34.5 Å². The van der Waals surface area contributed by atoms with Gasteiger partial charge in [-0.3, -0.25) is 9.59 Å². The maximum atomic E-state index is 12.3. The molecule has 2 aromatic carbocycles. The number of hydrogen-bond donors (Lipinski definition) is 4. The van der Waals surface area contributed by atoms with E-state index >= 15 is 0 Å². The maximum absolute atomic E-state index is 12.3. The van der Waals surface area contributed by atoms with Crippen molar-refractivity contribution in [2.45, 2.75) is 25.7 Å². The summed E-state index contributed by atoms with van der Waals surface area (Å²) in [4.78, 5) is 24.6. The van der Waals surface area contributed by atoms with E-state index in [1.165, 1.54) is 52.7 Å². The lowest BCUT2D eigenvalue weighted by molar-refractivity contribution is 0.0942. The summed E-state index contributed by atoms with van der Waals surface area (Å²) in [6.45, 7) is 0.955. The van der Waals surface area contributed by atoms with Gasteiger partial charge in [0.05, 0.1) is 28.4 Å². The van der Waals surface area contributed by atoms with Gasteiger partial charge >= 0.3 is 0 Å². The van der Waals surface area contributed by atoms with E-state index in [0.717, 1.165) is 25.7 Å². The highest BCUT2D eigenvalue weighted by Gasteiger charge is 2.16. The first-order valence-corrected chi connectivity index (χ1v) is 10.8. The number of hydrogen-bond acceptors (Lipinski definition) is 8. The summed E-state index contributed by atoms with van der Waals surface area (Å²) in [6, 6.07) is 5.68. The van der Waals surface area contributed by atoms with Gasteiger partial charge in [-0.25, -0.2) is 0 Å². The van der Waals surface area contributed by atoms with Gasteiger partial charge in [-0.15, -0.1) is 0 Å². The van der Waals surface area contributed by atoms with Crippen molar-refractivity contribution in [1.82, 2.24) is 10.6 Å². The van der Waals surface area contributed by atoms with Crippen LogP contribution >= 0.6 is 0 Å². The average Bonchev–Trinajstić information content (AvgIpc) is 2.83. The molecular weight excluding hydrogens is 444 g/mol. The van der Waals surface area contributed by atoms with Crippen molar-refractivity contribution in [3.63, 3.8) is 0 Å². The first-order valence-electron chi connectivity index (χ1n) is 10.8. The highest BCUT2D eigenvalue weighted by molar-refractivity contribution is 5.96. The SMILES string of the molecule is COc1cc(C(=O)NCCCCCCNC(=O)c2cc(O)c(OC)c(OC)c2)cc(O)c1OC. The summed E-state index contributed by atoms with van der Waals surface area (Å²) < 4.78 is 20.4. The van der Waals surface area contributed by atoms with Crippen LogP contribution < -0.4 is 29.6 Å².